The molecule has 2 aromatic rings. The maximum absolute atomic E-state index is 12.1. The number of hydrogen-bond acceptors (Lipinski definition) is 3. The van der Waals surface area contributed by atoms with E-state index in [0.29, 0.717) is 12.3 Å². The topological polar surface area (TPSA) is 47.8 Å². The molecule has 1 aliphatic rings. The van der Waals surface area contributed by atoms with Gasteiger partial charge in [-0.1, -0.05) is 30.3 Å². The second-order valence-electron chi connectivity index (χ2n) is 4.80. The van der Waals surface area contributed by atoms with Crippen molar-refractivity contribution in [3.63, 3.8) is 0 Å². The molecule has 1 fully saturated rings. The highest BCUT2D eigenvalue weighted by molar-refractivity contribution is 5.86. The lowest BCUT2D eigenvalue weighted by molar-refractivity contribution is -0.119. The number of rotatable bonds is 4. The van der Waals surface area contributed by atoms with E-state index in [0.717, 1.165) is 12.2 Å². The van der Waals surface area contributed by atoms with Gasteiger partial charge in [-0.05, 0) is 17.9 Å². The van der Waals surface area contributed by atoms with Crippen LogP contribution in [0.1, 0.15) is 23.7 Å². The maximum atomic E-state index is 12.1. The molecule has 4 nitrogen and oxygen atoms in total. The molecule has 92 valence electrons. The quantitative estimate of drug-likeness (QED) is 0.819. The van der Waals surface area contributed by atoms with Crippen LogP contribution in [0.25, 0.3) is 0 Å². The highest BCUT2D eigenvalue weighted by Gasteiger charge is 2.43. The van der Waals surface area contributed by atoms with Gasteiger partial charge in [-0.3, -0.25) is 9.48 Å². The Morgan fingerprint density at radius 2 is 2.17 bits per heavy atom. The zero-order chi connectivity index (χ0) is 12.5. The molecule has 0 spiro atoms. The summed E-state index contributed by atoms with van der Waals surface area (Å²) in [6, 6.07) is 10.2. The number of aromatic nitrogens is 3. The predicted molar refractivity (Wildman–Crippen MR) is 67.0 cm³/mol. The van der Waals surface area contributed by atoms with E-state index < -0.39 is 0 Å². The molecule has 0 saturated heterocycles. The zero-order valence-corrected chi connectivity index (χ0v) is 10.3. The van der Waals surface area contributed by atoms with Gasteiger partial charge in [-0.15, -0.1) is 0 Å². The van der Waals surface area contributed by atoms with Crippen LogP contribution < -0.4 is 0 Å². The Morgan fingerprint density at radius 3 is 2.83 bits per heavy atom. The standard InChI is InChI=1S/C14H15N3O/c1-17-14(15-9-16-17)8-13(18)12-7-11(12)10-5-3-2-4-6-10/h2-6,9,11-12H,7-8H2,1H3. The van der Waals surface area contributed by atoms with E-state index in [1.807, 2.05) is 25.2 Å². The monoisotopic (exact) mass is 241 g/mol. The molecule has 4 heteroatoms. The SMILES string of the molecule is Cn1ncnc1CC(=O)C1CC1c1ccccc1. The van der Waals surface area contributed by atoms with Crippen molar-refractivity contribution in [2.24, 2.45) is 13.0 Å². The molecule has 2 unspecified atom stereocenters. The fourth-order valence-corrected chi connectivity index (χ4v) is 2.39. The normalized spacial score (nSPS) is 21.8. The Hall–Kier alpha value is -1.97. The molecule has 2 atom stereocenters. The Bertz CT molecular complexity index is 561. The number of ketones is 1. The first-order valence-electron chi connectivity index (χ1n) is 6.16. The minimum atomic E-state index is 0.170. The van der Waals surface area contributed by atoms with Gasteiger partial charge in [0.05, 0.1) is 6.42 Å². The first-order valence-corrected chi connectivity index (χ1v) is 6.16. The van der Waals surface area contributed by atoms with Crippen molar-refractivity contribution in [3.05, 3.63) is 48.0 Å². The lowest BCUT2D eigenvalue weighted by Gasteiger charge is -2.01. The Labute approximate surface area is 106 Å². The van der Waals surface area contributed by atoms with Gasteiger partial charge in [0.25, 0.3) is 0 Å². The van der Waals surface area contributed by atoms with Crippen molar-refractivity contribution in [2.75, 3.05) is 0 Å². The van der Waals surface area contributed by atoms with Crippen molar-refractivity contribution < 1.29 is 4.79 Å². The predicted octanol–water partition coefficient (Wildman–Crippen LogP) is 1.73. The maximum Gasteiger partial charge on any atom is 0.144 e. The van der Waals surface area contributed by atoms with Gasteiger partial charge >= 0.3 is 0 Å². The van der Waals surface area contributed by atoms with E-state index in [-0.39, 0.29) is 11.7 Å². The van der Waals surface area contributed by atoms with Crippen molar-refractivity contribution in [1.29, 1.82) is 0 Å². The molecule has 0 N–H and O–H groups in total. The molecule has 1 heterocycles. The third kappa shape index (κ3) is 2.06. The van der Waals surface area contributed by atoms with E-state index in [4.69, 9.17) is 0 Å². The number of nitrogens with zero attached hydrogens (tertiary/aromatic N) is 3. The molecule has 0 amide bonds. The van der Waals surface area contributed by atoms with E-state index in [9.17, 15) is 4.79 Å². The van der Waals surface area contributed by atoms with E-state index in [2.05, 4.69) is 22.2 Å². The third-order valence-electron chi connectivity index (χ3n) is 3.57. The van der Waals surface area contributed by atoms with Crippen molar-refractivity contribution in [1.82, 2.24) is 14.8 Å². The lowest BCUT2D eigenvalue weighted by Crippen LogP contribution is -2.11. The lowest BCUT2D eigenvalue weighted by atomic mass is 10.1. The summed E-state index contributed by atoms with van der Waals surface area (Å²) in [6.07, 6.45) is 2.86. The summed E-state index contributed by atoms with van der Waals surface area (Å²) in [4.78, 5) is 16.2. The highest BCUT2D eigenvalue weighted by atomic mass is 16.1. The highest BCUT2D eigenvalue weighted by Crippen LogP contribution is 2.48. The molecule has 1 aliphatic carbocycles. The van der Waals surface area contributed by atoms with Crippen molar-refractivity contribution in [2.45, 2.75) is 18.8 Å². The van der Waals surface area contributed by atoms with Crippen LogP contribution in [0.4, 0.5) is 0 Å². The van der Waals surface area contributed by atoms with Gasteiger partial charge in [-0.25, -0.2) is 4.98 Å². The van der Waals surface area contributed by atoms with Crippen LogP contribution in [0.5, 0.6) is 0 Å². The average Bonchev–Trinajstić information content (AvgIpc) is 3.10. The van der Waals surface area contributed by atoms with Crippen LogP contribution in [0, 0.1) is 5.92 Å². The second-order valence-corrected chi connectivity index (χ2v) is 4.80. The smallest absolute Gasteiger partial charge is 0.144 e. The van der Waals surface area contributed by atoms with Crippen LogP contribution in [0.3, 0.4) is 0 Å². The number of carbonyl (C=O) groups is 1. The summed E-state index contributed by atoms with van der Waals surface area (Å²) in [5.41, 5.74) is 1.27. The molecule has 1 saturated carbocycles. The average molecular weight is 241 g/mol. The fraction of sp³-hybridized carbons (Fsp3) is 0.357. The summed E-state index contributed by atoms with van der Waals surface area (Å²) >= 11 is 0. The third-order valence-corrected chi connectivity index (χ3v) is 3.57. The second kappa shape index (κ2) is 4.37. The molecular weight excluding hydrogens is 226 g/mol. The molecular formula is C14H15N3O. The van der Waals surface area contributed by atoms with Crippen LogP contribution in [0.15, 0.2) is 36.7 Å². The zero-order valence-electron chi connectivity index (χ0n) is 10.3. The summed E-state index contributed by atoms with van der Waals surface area (Å²) in [6.45, 7) is 0. The minimum absolute atomic E-state index is 0.170. The van der Waals surface area contributed by atoms with E-state index >= 15 is 0 Å². The molecule has 1 aromatic carbocycles. The molecule has 3 rings (SSSR count). The minimum Gasteiger partial charge on any atom is -0.299 e. The van der Waals surface area contributed by atoms with E-state index in [1.54, 1.807) is 4.68 Å². The first kappa shape index (κ1) is 11.1. The molecule has 0 aliphatic heterocycles. The van der Waals surface area contributed by atoms with Gasteiger partial charge in [-0.2, -0.15) is 5.10 Å². The van der Waals surface area contributed by atoms with Gasteiger partial charge < -0.3 is 0 Å². The van der Waals surface area contributed by atoms with Crippen LogP contribution >= 0.6 is 0 Å². The molecule has 1 aromatic heterocycles. The number of benzene rings is 1. The summed E-state index contributed by atoms with van der Waals surface area (Å²) in [5.74, 6) is 1.61. The van der Waals surface area contributed by atoms with Crippen LogP contribution in [-0.2, 0) is 18.3 Å². The summed E-state index contributed by atoms with van der Waals surface area (Å²) < 4.78 is 1.66. The number of carbonyl (C=O) groups excluding carboxylic acids is 1. The Balaban J connectivity index is 1.65. The van der Waals surface area contributed by atoms with Gasteiger partial charge in [0.2, 0.25) is 0 Å². The van der Waals surface area contributed by atoms with Gasteiger partial charge in [0.15, 0.2) is 0 Å². The number of aryl methyl sites for hydroxylation is 1. The molecule has 18 heavy (non-hydrogen) atoms. The first-order chi connectivity index (χ1) is 8.75. The van der Waals surface area contributed by atoms with Crippen molar-refractivity contribution in [3.8, 4) is 0 Å². The van der Waals surface area contributed by atoms with Crippen LogP contribution in [-0.4, -0.2) is 20.5 Å². The molecule has 0 bridgehead atoms. The van der Waals surface area contributed by atoms with Gasteiger partial charge in [0.1, 0.15) is 17.9 Å². The van der Waals surface area contributed by atoms with E-state index in [1.165, 1.54) is 11.9 Å². The Morgan fingerprint density at radius 1 is 1.39 bits per heavy atom. The van der Waals surface area contributed by atoms with Crippen LogP contribution in [0.2, 0.25) is 0 Å². The summed E-state index contributed by atoms with van der Waals surface area (Å²) in [7, 11) is 1.82. The Kier molecular flexibility index (Phi) is 2.70. The number of hydrogen-bond donors (Lipinski definition) is 0. The van der Waals surface area contributed by atoms with Crippen molar-refractivity contribution >= 4 is 5.78 Å². The van der Waals surface area contributed by atoms with Gasteiger partial charge in [0, 0.05) is 13.0 Å². The fourth-order valence-electron chi connectivity index (χ4n) is 2.39. The largest absolute Gasteiger partial charge is 0.299 e. The summed E-state index contributed by atoms with van der Waals surface area (Å²) in [5, 5.41) is 3.98. The number of Topliss-reactive ketones (excluding diaryl/α,β-unsaturated/α-hetero) is 1. The molecule has 0 radical (unpaired) electrons.